The van der Waals surface area contributed by atoms with E-state index in [4.69, 9.17) is 4.74 Å². The average Bonchev–Trinajstić information content (AvgIpc) is 3.25. The zero-order valence-corrected chi connectivity index (χ0v) is 18.1. The maximum Gasteiger partial charge on any atom is 0.256 e. The molecule has 7 heteroatoms. The van der Waals surface area contributed by atoms with Gasteiger partial charge in [0.1, 0.15) is 10.6 Å². The molecular weight excluding hydrogens is 410 g/mol. The minimum absolute atomic E-state index is 0.00572. The zero-order chi connectivity index (χ0) is 21.3. The Balaban J connectivity index is 1.28. The van der Waals surface area contributed by atoms with Crippen LogP contribution in [0.1, 0.15) is 15.9 Å². The Labute approximate surface area is 186 Å². The molecule has 0 aliphatic carbocycles. The highest BCUT2D eigenvalue weighted by atomic mass is 32.2. The number of aliphatic hydroxyl groups excluding tert-OH is 1. The van der Waals surface area contributed by atoms with Gasteiger partial charge in [0.25, 0.3) is 5.91 Å². The van der Waals surface area contributed by atoms with Crippen molar-refractivity contribution in [3.05, 3.63) is 65.9 Å². The van der Waals surface area contributed by atoms with E-state index in [0.717, 1.165) is 29.4 Å². The van der Waals surface area contributed by atoms with Gasteiger partial charge in [-0.2, -0.15) is 0 Å². The van der Waals surface area contributed by atoms with Crippen molar-refractivity contribution in [2.45, 2.75) is 16.7 Å². The van der Waals surface area contributed by atoms with Crippen molar-refractivity contribution in [3.8, 4) is 0 Å². The maximum atomic E-state index is 13.4. The molecule has 2 aromatic rings. The molecule has 3 fully saturated rings. The Kier molecular flexibility index (Phi) is 5.84. The molecule has 2 bridgehead atoms. The highest BCUT2D eigenvalue weighted by Crippen LogP contribution is 2.47. The lowest BCUT2D eigenvalue weighted by atomic mass is 9.83. The molecule has 1 aromatic heterocycles. The van der Waals surface area contributed by atoms with Crippen LogP contribution in [-0.2, 0) is 4.74 Å². The highest BCUT2D eigenvalue weighted by Gasteiger charge is 2.61. The molecule has 1 spiro atoms. The van der Waals surface area contributed by atoms with Crippen molar-refractivity contribution < 1.29 is 14.6 Å². The molecule has 6 nitrogen and oxygen atoms in total. The van der Waals surface area contributed by atoms with Gasteiger partial charge in [-0.15, -0.1) is 11.8 Å². The van der Waals surface area contributed by atoms with Crippen LogP contribution in [0.4, 0.5) is 0 Å². The van der Waals surface area contributed by atoms with Crippen molar-refractivity contribution in [1.29, 1.82) is 0 Å². The SMILES string of the molecule is O=C(c1cccnc1SC/C=C/c1ccccc1)N1C[C@@H]2[C@H](CO)[C@H]3CNC[C@]2(C1)O3. The number of ether oxygens (including phenoxy) is 1. The van der Waals surface area contributed by atoms with E-state index in [-0.39, 0.29) is 36.1 Å². The van der Waals surface area contributed by atoms with Crippen LogP contribution in [0.25, 0.3) is 6.08 Å². The number of carbonyl (C=O) groups excluding carboxylic acids is 1. The Bertz CT molecular complexity index is 970. The highest BCUT2D eigenvalue weighted by molar-refractivity contribution is 7.99. The lowest BCUT2D eigenvalue weighted by molar-refractivity contribution is -0.0726. The number of fused-ring (bicyclic) bond motifs is 1. The Morgan fingerprint density at radius 1 is 1.32 bits per heavy atom. The summed E-state index contributed by atoms with van der Waals surface area (Å²) in [4.78, 5) is 19.8. The summed E-state index contributed by atoms with van der Waals surface area (Å²) in [6, 6.07) is 13.8. The van der Waals surface area contributed by atoms with Crippen LogP contribution in [-0.4, -0.2) is 71.1 Å². The second-order valence-electron chi connectivity index (χ2n) is 8.47. The number of pyridine rings is 1. The summed E-state index contributed by atoms with van der Waals surface area (Å²) in [6.45, 7) is 2.78. The minimum atomic E-state index is -0.375. The van der Waals surface area contributed by atoms with Crippen LogP contribution in [0.15, 0.2) is 59.8 Å². The average molecular weight is 438 g/mol. The number of nitrogens with one attached hydrogen (secondary N) is 1. The number of rotatable bonds is 6. The number of hydrogen-bond donors (Lipinski definition) is 2. The predicted octanol–water partition coefficient (Wildman–Crippen LogP) is 2.31. The summed E-state index contributed by atoms with van der Waals surface area (Å²) in [7, 11) is 0. The van der Waals surface area contributed by atoms with E-state index in [2.05, 4.69) is 34.6 Å². The number of hydrogen-bond acceptors (Lipinski definition) is 6. The van der Waals surface area contributed by atoms with Crippen LogP contribution in [0.2, 0.25) is 0 Å². The monoisotopic (exact) mass is 437 g/mol. The molecule has 5 rings (SSSR count). The molecule has 4 heterocycles. The van der Waals surface area contributed by atoms with Crippen molar-refractivity contribution in [2.24, 2.45) is 11.8 Å². The molecule has 0 unspecified atom stereocenters. The molecule has 2 N–H and O–H groups in total. The number of carbonyl (C=O) groups is 1. The van der Waals surface area contributed by atoms with Crippen LogP contribution < -0.4 is 5.32 Å². The van der Waals surface area contributed by atoms with Gasteiger partial charge in [0.05, 0.1) is 18.2 Å². The summed E-state index contributed by atoms with van der Waals surface area (Å²) in [6.07, 6.45) is 5.95. The molecule has 0 saturated carbocycles. The molecule has 3 aliphatic heterocycles. The van der Waals surface area contributed by atoms with Crippen molar-refractivity contribution >= 4 is 23.7 Å². The largest absolute Gasteiger partial charge is 0.396 e. The number of nitrogens with zero attached hydrogens (tertiary/aromatic N) is 2. The summed E-state index contributed by atoms with van der Waals surface area (Å²) in [5, 5.41) is 14.1. The maximum absolute atomic E-state index is 13.4. The standard InChI is InChI=1S/C24H27N3O3S/c28-14-19-20-13-27(16-24(20)15-25-12-21(19)30-24)23(29)18-9-4-10-26-22(18)31-11-5-8-17-6-2-1-3-7-17/h1-10,19-21,25,28H,11-16H2/b8-5+/t19-,20+,21+,24+/m0/s1. The third-order valence-corrected chi connectivity index (χ3v) is 7.59. The molecule has 162 valence electrons. The van der Waals surface area contributed by atoms with Gasteiger partial charge in [-0.25, -0.2) is 4.98 Å². The van der Waals surface area contributed by atoms with E-state index < -0.39 is 0 Å². The van der Waals surface area contributed by atoms with Gasteiger partial charge < -0.3 is 20.1 Å². The van der Waals surface area contributed by atoms with Crippen LogP contribution in [0.5, 0.6) is 0 Å². The predicted molar refractivity (Wildman–Crippen MR) is 121 cm³/mol. The van der Waals surface area contributed by atoms with Crippen LogP contribution in [0.3, 0.4) is 0 Å². The van der Waals surface area contributed by atoms with Crippen molar-refractivity contribution in [3.63, 3.8) is 0 Å². The Morgan fingerprint density at radius 3 is 3.03 bits per heavy atom. The molecule has 31 heavy (non-hydrogen) atoms. The van der Waals surface area contributed by atoms with E-state index in [1.807, 2.05) is 35.2 Å². The number of likely N-dealkylation sites (tertiary alicyclic amines) is 1. The van der Waals surface area contributed by atoms with Gasteiger partial charge in [0.2, 0.25) is 0 Å². The van der Waals surface area contributed by atoms with E-state index in [1.54, 1.807) is 18.0 Å². The fourth-order valence-corrected chi connectivity index (χ4v) is 5.97. The first-order chi connectivity index (χ1) is 15.2. The van der Waals surface area contributed by atoms with E-state index >= 15 is 0 Å². The van der Waals surface area contributed by atoms with Gasteiger partial charge in [-0.05, 0) is 17.7 Å². The first-order valence-corrected chi connectivity index (χ1v) is 11.8. The Hall–Kier alpha value is -2.19. The minimum Gasteiger partial charge on any atom is -0.396 e. The number of thioether (sulfide) groups is 1. The zero-order valence-electron chi connectivity index (χ0n) is 17.3. The number of aromatic nitrogens is 1. The fraction of sp³-hybridized carbons (Fsp3) is 0.417. The molecule has 3 saturated heterocycles. The molecule has 3 aliphatic rings. The van der Waals surface area contributed by atoms with Gasteiger partial charge in [0.15, 0.2) is 0 Å². The van der Waals surface area contributed by atoms with E-state index in [1.165, 1.54) is 0 Å². The first-order valence-electron chi connectivity index (χ1n) is 10.8. The third-order valence-electron chi connectivity index (χ3n) is 6.63. The van der Waals surface area contributed by atoms with Crippen molar-refractivity contribution in [2.75, 3.05) is 38.5 Å². The quantitative estimate of drug-likeness (QED) is 0.676. The molecule has 1 aromatic carbocycles. The van der Waals surface area contributed by atoms with Crippen LogP contribution in [0, 0.1) is 11.8 Å². The summed E-state index contributed by atoms with van der Waals surface area (Å²) < 4.78 is 6.33. The number of aliphatic hydroxyl groups is 1. The van der Waals surface area contributed by atoms with Crippen LogP contribution >= 0.6 is 11.8 Å². The third kappa shape index (κ3) is 3.91. The Morgan fingerprint density at radius 2 is 2.19 bits per heavy atom. The molecule has 4 atom stereocenters. The summed E-state index contributed by atoms with van der Waals surface area (Å²) in [5.41, 5.74) is 1.42. The summed E-state index contributed by atoms with van der Waals surface area (Å²) in [5.74, 6) is 0.982. The second-order valence-corrected chi connectivity index (χ2v) is 9.48. The lowest BCUT2D eigenvalue weighted by Crippen LogP contribution is -2.52. The van der Waals surface area contributed by atoms with Gasteiger partial charge in [0, 0.05) is 50.0 Å². The number of morpholine rings is 1. The normalized spacial score (nSPS) is 29.5. The molecule has 1 amide bonds. The molecular formula is C24H27N3O3S. The van der Waals surface area contributed by atoms with E-state index in [0.29, 0.717) is 18.7 Å². The van der Waals surface area contributed by atoms with Gasteiger partial charge in [-0.1, -0.05) is 42.5 Å². The van der Waals surface area contributed by atoms with Gasteiger partial charge >= 0.3 is 0 Å². The smallest absolute Gasteiger partial charge is 0.256 e. The molecule has 0 radical (unpaired) electrons. The number of benzene rings is 1. The van der Waals surface area contributed by atoms with Crippen molar-refractivity contribution in [1.82, 2.24) is 15.2 Å². The second kappa shape index (κ2) is 8.74. The van der Waals surface area contributed by atoms with E-state index in [9.17, 15) is 9.90 Å². The first kappa shape index (κ1) is 20.7. The topological polar surface area (TPSA) is 74.7 Å². The number of amides is 1. The lowest BCUT2D eigenvalue weighted by Gasteiger charge is -2.34. The summed E-state index contributed by atoms with van der Waals surface area (Å²) >= 11 is 1.57. The van der Waals surface area contributed by atoms with Gasteiger partial charge in [-0.3, -0.25) is 4.79 Å². The fourth-order valence-electron chi connectivity index (χ4n) is 5.17.